The first-order valence-corrected chi connectivity index (χ1v) is 6.43. The van der Waals surface area contributed by atoms with Crippen molar-refractivity contribution in [3.05, 3.63) is 24.3 Å². The smallest absolute Gasteiger partial charge is 0.231 e. The number of rotatable bonds is 7. The fourth-order valence-corrected chi connectivity index (χ4v) is 1.84. The highest BCUT2D eigenvalue weighted by atomic mass is 16.5. The van der Waals surface area contributed by atoms with Crippen LogP contribution in [0.3, 0.4) is 0 Å². The number of hydrogen-bond acceptors (Lipinski definition) is 4. The molecule has 1 aliphatic carbocycles. The van der Waals surface area contributed by atoms with Crippen LogP contribution < -0.4 is 15.8 Å². The first-order valence-electron chi connectivity index (χ1n) is 6.43. The number of nitrogens with two attached hydrogens (primary N) is 1. The maximum Gasteiger partial charge on any atom is 0.231 e. The third-order valence-electron chi connectivity index (χ3n) is 3.37. The van der Waals surface area contributed by atoms with Gasteiger partial charge in [-0.2, -0.15) is 0 Å². The summed E-state index contributed by atoms with van der Waals surface area (Å²) in [6, 6.07) is 7.34. The fourth-order valence-electron chi connectivity index (χ4n) is 1.84. The molecule has 0 spiro atoms. The second-order valence-corrected chi connectivity index (χ2v) is 4.81. The molecule has 1 fully saturated rings. The molecule has 1 saturated carbocycles. The van der Waals surface area contributed by atoms with E-state index in [4.69, 9.17) is 15.2 Å². The summed E-state index contributed by atoms with van der Waals surface area (Å²) in [7, 11) is 1.63. The number of benzene rings is 1. The van der Waals surface area contributed by atoms with Gasteiger partial charge in [-0.25, -0.2) is 0 Å². The Morgan fingerprint density at radius 3 is 2.84 bits per heavy atom. The number of carbonyl (C=O) groups excluding carboxylic acids is 1. The minimum atomic E-state index is -0.340. The van der Waals surface area contributed by atoms with Crippen molar-refractivity contribution >= 4 is 11.6 Å². The lowest BCUT2D eigenvalue weighted by Gasteiger charge is -2.13. The molecule has 5 nitrogen and oxygen atoms in total. The number of methoxy groups -OCH3 is 1. The second kappa shape index (κ2) is 6.04. The van der Waals surface area contributed by atoms with Gasteiger partial charge >= 0.3 is 0 Å². The summed E-state index contributed by atoms with van der Waals surface area (Å²) in [4.78, 5) is 12.0. The van der Waals surface area contributed by atoms with Crippen molar-refractivity contribution in [2.75, 3.05) is 32.2 Å². The Hall–Kier alpha value is -1.59. The molecular formula is C14H20N2O3. The molecule has 0 aromatic heterocycles. The lowest BCUT2D eigenvalue weighted by Crippen LogP contribution is -2.30. The summed E-state index contributed by atoms with van der Waals surface area (Å²) in [5.41, 5.74) is 6.03. The van der Waals surface area contributed by atoms with Gasteiger partial charge in [0, 0.05) is 25.4 Å². The highest BCUT2D eigenvalue weighted by molar-refractivity contribution is 5.97. The van der Waals surface area contributed by atoms with Crippen LogP contribution in [-0.2, 0) is 9.53 Å². The average Bonchev–Trinajstić information content (AvgIpc) is 3.20. The Morgan fingerprint density at radius 2 is 2.21 bits per heavy atom. The quantitative estimate of drug-likeness (QED) is 0.730. The van der Waals surface area contributed by atoms with E-state index in [0.717, 1.165) is 18.5 Å². The molecule has 1 aromatic rings. The molecule has 0 unspecified atom stereocenters. The lowest BCUT2D eigenvalue weighted by atomic mass is 10.1. The number of hydrogen-bond donors (Lipinski definition) is 2. The van der Waals surface area contributed by atoms with E-state index in [2.05, 4.69) is 5.32 Å². The number of amides is 1. The van der Waals surface area contributed by atoms with E-state index in [9.17, 15) is 4.79 Å². The molecule has 0 atom stereocenters. The van der Waals surface area contributed by atoms with Crippen LogP contribution in [0.5, 0.6) is 5.75 Å². The maximum atomic E-state index is 12.0. The van der Waals surface area contributed by atoms with Gasteiger partial charge in [-0.15, -0.1) is 0 Å². The second-order valence-electron chi connectivity index (χ2n) is 4.81. The van der Waals surface area contributed by atoms with Crippen molar-refractivity contribution < 1.29 is 14.3 Å². The van der Waals surface area contributed by atoms with E-state index in [1.54, 1.807) is 13.2 Å². The standard InChI is InChI=1S/C14H20N2O3/c1-18-7-8-19-12-4-2-3-11(9-12)16-13(17)14(10-15)5-6-14/h2-4,9H,5-8,10,15H2,1H3,(H,16,17). The molecule has 1 aliphatic rings. The summed E-state index contributed by atoms with van der Waals surface area (Å²) in [5, 5.41) is 2.90. The Morgan fingerprint density at radius 1 is 1.42 bits per heavy atom. The lowest BCUT2D eigenvalue weighted by molar-refractivity contribution is -0.120. The van der Waals surface area contributed by atoms with Crippen LogP contribution in [0, 0.1) is 5.41 Å². The Kier molecular flexibility index (Phi) is 4.39. The normalized spacial score (nSPS) is 15.9. The first-order chi connectivity index (χ1) is 9.20. The minimum absolute atomic E-state index is 0.00374. The summed E-state index contributed by atoms with van der Waals surface area (Å²) >= 11 is 0. The third-order valence-corrected chi connectivity index (χ3v) is 3.37. The largest absolute Gasteiger partial charge is 0.491 e. The summed E-state index contributed by atoms with van der Waals surface area (Å²) in [5.74, 6) is 0.719. The molecule has 3 N–H and O–H groups in total. The SMILES string of the molecule is COCCOc1cccc(NC(=O)C2(CN)CC2)c1. The number of anilines is 1. The van der Waals surface area contributed by atoms with Gasteiger partial charge in [-0.3, -0.25) is 4.79 Å². The summed E-state index contributed by atoms with van der Waals surface area (Å²) in [6.07, 6.45) is 1.75. The van der Waals surface area contributed by atoms with Crippen molar-refractivity contribution in [1.82, 2.24) is 0 Å². The topological polar surface area (TPSA) is 73.6 Å². The molecule has 0 bridgehead atoms. The highest BCUT2D eigenvalue weighted by Gasteiger charge is 2.48. The molecular weight excluding hydrogens is 244 g/mol. The zero-order valence-corrected chi connectivity index (χ0v) is 11.1. The zero-order chi connectivity index (χ0) is 13.7. The molecule has 0 aliphatic heterocycles. The monoisotopic (exact) mass is 264 g/mol. The van der Waals surface area contributed by atoms with Gasteiger partial charge < -0.3 is 20.5 Å². The van der Waals surface area contributed by atoms with Crippen LogP contribution in [0.2, 0.25) is 0 Å². The van der Waals surface area contributed by atoms with Gasteiger partial charge in [0.05, 0.1) is 12.0 Å². The van der Waals surface area contributed by atoms with Crippen LogP contribution >= 0.6 is 0 Å². The van der Waals surface area contributed by atoms with E-state index in [1.807, 2.05) is 18.2 Å². The molecule has 1 aromatic carbocycles. The van der Waals surface area contributed by atoms with Crippen LogP contribution in [0.25, 0.3) is 0 Å². The number of carbonyl (C=O) groups is 1. The Labute approximate surface area is 113 Å². The van der Waals surface area contributed by atoms with Crippen molar-refractivity contribution in [2.24, 2.45) is 11.1 Å². The van der Waals surface area contributed by atoms with Crippen molar-refractivity contribution in [3.63, 3.8) is 0 Å². The highest BCUT2D eigenvalue weighted by Crippen LogP contribution is 2.45. The van der Waals surface area contributed by atoms with Gasteiger partial charge in [0.15, 0.2) is 0 Å². The Bertz CT molecular complexity index is 444. The molecule has 1 amide bonds. The molecule has 104 valence electrons. The average molecular weight is 264 g/mol. The van der Waals surface area contributed by atoms with Gasteiger partial charge in [0.25, 0.3) is 0 Å². The molecule has 19 heavy (non-hydrogen) atoms. The zero-order valence-electron chi connectivity index (χ0n) is 11.1. The summed E-state index contributed by atoms with van der Waals surface area (Å²) in [6.45, 7) is 1.43. The first kappa shape index (κ1) is 13.8. The van der Waals surface area contributed by atoms with E-state index in [-0.39, 0.29) is 11.3 Å². The van der Waals surface area contributed by atoms with Gasteiger partial charge in [-0.1, -0.05) is 6.07 Å². The summed E-state index contributed by atoms with van der Waals surface area (Å²) < 4.78 is 10.4. The maximum absolute atomic E-state index is 12.0. The van der Waals surface area contributed by atoms with E-state index >= 15 is 0 Å². The molecule has 0 radical (unpaired) electrons. The minimum Gasteiger partial charge on any atom is -0.491 e. The predicted octanol–water partition coefficient (Wildman–Crippen LogP) is 1.39. The third kappa shape index (κ3) is 3.45. The van der Waals surface area contributed by atoms with Crippen LogP contribution in [0.4, 0.5) is 5.69 Å². The molecule has 5 heteroatoms. The molecule has 0 heterocycles. The van der Waals surface area contributed by atoms with E-state index < -0.39 is 0 Å². The van der Waals surface area contributed by atoms with Crippen LogP contribution in [0.15, 0.2) is 24.3 Å². The van der Waals surface area contributed by atoms with Crippen LogP contribution in [-0.4, -0.2) is 32.8 Å². The Balaban J connectivity index is 1.93. The van der Waals surface area contributed by atoms with Gasteiger partial charge in [-0.05, 0) is 25.0 Å². The van der Waals surface area contributed by atoms with Crippen molar-refractivity contribution in [3.8, 4) is 5.75 Å². The van der Waals surface area contributed by atoms with Crippen LogP contribution in [0.1, 0.15) is 12.8 Å². The van der Waals surface area contributed by atoms with Crippen molar-refractivity contribution in [2.45, 2.75) is 12.8 Å². The fraction of sp³-hybridized carbons (Fsp3) is 0.500. The van der Waals surface area contributed by atoms with E-state index in [1.165, 1.54) is 0 Å². The number of nitrogens with one attached hydrogen (secondary N) is 1. The predicted molar refractivity (Wildman–Crippen MR) is 73.2 cm³/mol. The van der Waals surface area contributed by atoms with Gasteiger partial charge in [0.1, 0.15) is 12.4 Å². The van der Waals surface area contributed by atoms with Gasteiger partial charge in [0.2, 0.25) is 5.91 Å². The molecule has 0 saturated heterocycles. The van der Waals surface area contributed by atoms with E-state index in [0.29, 0.717) is 25.5 Å². The number of ether oxygens (including phenoxy) is 2. The van der Waals surface area contributed by atoms with Crippen molar-refractivity contribution in [1.29, 1.82) is 0 Å². The molecule has 2 rings (SSSR count).